The van der Waals surface area contributed by atoms with Gasteiger partial charge in [0, 0.05) is 39.3 Å². The number of ether oxygens (including phenoxy) is 2. The minimum Gasteiger partial charge on any atom is -0.494 e. The van der Waals surface area contributed by atoms with Crippen LogP contribution in [0.5, 0.6) is 5.75 Å². The van der Waals surface area contributed by atoms with Crippen LogP contribution in [-0.4, -0.2) is 62.9 Å². The van der Waals surface area contributed by atoms with E-state index >= 15 is 0 Å². The zero-order chi connectivity index (χ0) is 20.4. The molecule has 1 aliphatic rings. The van der Waals surface area contributed by atoms with E-state index in [2.05, 4.69) is 53.4 Å². The minimum absolute atomic E-state index is 0.313. The highest BCUT2D eigenvalue weighted by Gasteiger charge is 2.19. The van der Waals surface area contributed by atoms with Crippen molar-refractivity contribution in [3.05, 3.63) is 29.3 Å². The zero-order valence-corrected chi connectivity index (χ0v) is 18.3. The summed E-state index contributed by atoms with van der Waals surface area (Å²) in [5.41, 5.74) is 2.39. The lowest BCUT2D eigenvalue weighted by Crippen LogP contribution is -2.49. The lowest BCUT2D eigenvalue weighted by atomic mass is 10.1. The Morgan fingerprint density at radius 1 is 1.29 bits per heavy atom. The van der Waals surface area contributed by atoms with E-state index in [-0.39, 0.29) is 0 Å². The Morgan fingerprint density at radius 2 is 2.04 bits per heavy atom. The summed E-state index contributed by atoms with van der Waals surface area (Å²) in [7, 11) is 1.83. The van der Waals surface area contributed by atoms with Crippen LogP contribution >= 0.6 is 0 Å². The second-order valence-electron chi connectivity index (χ2n) is 7.64. The summed E-state index contributed by atoms with van der Waals surface area (Å²) in [4.78, 5) is 6.88. The third kappa shape index (κ3) is 7.68. The molecule has 0 radical (unpaired) electrons. The molecule has 1 heterocycles. The van der Waals surface area contributed by atoms with Crippen molar-refractivity contribution in [3.63, 3.8) is 0 Å². The van der Waals surface area contributed by atoms with Gasteiger partial charge >= 0.3 is 0 Å². The van der Waals surface area contributed by atoms with Gasteiger partial charge in [-0.25, -0.2) is 0 Å². The van der Waals surface area contributed by atoms with E-state index in [0.717, 1.165) is 62.9 Å². The smallest absolute Gasteiger partial charge is 0.191 e. The van der Waals surface area contributed by atoms with Crippen molar-refractivity contribution >= 4 is 5.96 Å². The Labute approximate surface area is 170 Å². The van der Waals surface area contributed by atoms with Gasteiger partial charge in [-0.3, -0.25) is 4.99 Å². The first kappa shape index (κ1) is 22.5. The van der Waals surface area contributed by atoms with Crippen LogP contribution < -0.4 is 15.4 Å². The molecule has 6 nitrogen and oxygen atoms in total. The van der Waals surface area contributed by atoms with Gasteiger partial charge in [0.1, 0.15) is 5.75 Å². The minimum atomic E-state index is 0.313. The average Bonchev–Trinajstić information content (AvgIpc) is 2.68. The summed E-state index contributed by atoms with van der Waals surface area (Å²) >= 11 is 0. The molecular weight excluding hydrogens is 352 g/mol. The predicted molar refractivity (Wildman–Crippen MR) is 116 cm³/mol. The number of nitrogens with one attached hydrogen (secondary N) is 2. The number of likely N-dealkylation sites (tertiary alicyclic amines) is 1. The van der Waals surface area contributed by atoms with Gasteiger partial charge in [-0.15, -0.1) is 0 Å². The van der Waals surface area contributed by atoms with Crippen LogP contribution in [0.4, 0.5) is 0 Å². The lowest BCUT2D eigenvalue weighted by molar-refractivity contribution is 0.0532. The molecule has 0 unspecified atom stereocenters. The molecule has 6 heteroatoms. The highest BCUT2D eigenvalue weighted by Crippen LogP contribution is 2.19. The van der Waals surface area contributed by atoms with Crippen LogP contribution in [-0.2, 0) is 11.3 Å². The van der Waals surface area contributed by atoms with E-state index in [1.54, 1.807) is 0 Å². The van der Waals surface area contributed by atoms with Crippen LogP contribution in [0.15, 0.2) is 23.2 Å². The Kier molecular flexibility index (Phi) is 9.58. The molecule has 2 rings (SSSR count). The highest BCUT2D eigenvalue weighted by molar-refractivity contribution is 5.79. The molecule has 0 amide bonds. The fourth-order valence-corrected chi connectivity index (χ4v) is 3.43. The van der Waals surface area contributed by atoms with E-state index in [4.69, 9.17) is 9.47 Å². The number of nitrogens with zero attached hydrogens (tertiary/aromatic N) is 2. The zero-order valence-electron chi connectivity index (χ0n) is 18.3. The highest BCUT2D eigenvalue weighted by atomic mass is 16.5. The normalized spacial score (nSPS) is 16.4. The maximum Gasteiger partial charge on any atom is 0.191 e. The molecule has 2 N–H and O–H groups in total. The van der Waals surface area contributed by atoms with Crippen LogP contribution in [0.2, 0.25) is 0 Å². The number of hydrogen-bond donors (Lipinski definition) is 2. The molecule has 0 aromatic heterocycles. The molecule has 1 aliphatic heterocycles. The van der Waals surface area contributed by atoms with E-state index < -0.39 is 0 Å². The standard InChI is InChI=1S/C22H38N4O2/c1-6-27-21-8-7-19(15-18(21)4)16-24-22(23-5)25-20-9-11-26(12-10-20)13-14-28-17(2)3/h7-8,15,17,20H,6,9-14,16H2,1-5H3,(H2,23,24,25). The van der Waals surface area contributed by atoms with E-state index in [1.165, 1.54) is 5.56 Å². The molecule has 28 heavy (non-hydrogen) atoms. The predicted octanol–water partition coefficient (Wildman–Crippen LogP) is 2.95. The monoisotopic (exact) mass is 390 g/mol. The van der Waals surface area contributed by atoms with Crippen molar-refractivity contribution in [1.29, 1.82) is 0 Å². The summed E-state index contributed by atoms with van der Waals surface area (Å²) in [5, 5.41) is 7.01. The summed E-state index contributed by atoms with van der Waals surface area (Å²) < 4.78 is 11.3. The fraction of sp³-hybridized carbons (Fsp3) is 0.682. The van der Waals surface area contributed by atoms with Gasteiger partial charge in [-0.2, -0.15) is 0 Å². The van der Waals surface area contributed by atoms with Crippen molar-refractivity contribution in [3.8, 4) is 5.75 Å². The quantitative estimate of drug-likeness (QED) is 0.501. The average molecular weight is 391 g/mol. The number of aliphatic imine (C=N–C) groups is 1. The molecule has 0 bridgehead atoms. The molecule has 0 saturated carbocycles. The first-order chi connectivity index (χ1) is 13.5. The summed E-state index contributed by atoms with van der Waals surface area (Å²) in [6, 6.07) is 6.79. The number of guanidine groups is 1. The van der Waals surface area contributed by atoms with Gasteiger partial charge in [0.25, 0.3) is 0 Å². The van der Waals surface area contributed by atoms with Gasteiger partial charge in [-0.1, -0.05) is 12.1 Å². The van der Waals surface area contributed by atoms with Gasteiger partial charge in [0.05, 0.1) is 19.3 Å². The molecule has 158 valence electrons. The maximum atomic E-state index is 5.66. The van der Waals surface area contributed by atoms with Crippen molar-refractivity contribution in [2.45, 2.75) is 59.2 Å². The number of hydrogen-bond acceptors (Lipinski definition) is 4. The second kappa shape index (κ2) is 11.9. The van der Waals surface area contributed by atoms with Gasteiger partial charge in [-0.05, 0) is 57.7 Å². The molecule has 0 aliphatic carbocycles. The van der Waals surface area contributed by atoms with Gasteiger partial charge in [0.2, 0.25) is 0 Å². The maximum absolute atomic E-state index is 5.66. The Balaban J connectivity index is 1.72. The van der Waals surface area contributed by atoms with E-state index in [9.17, 15) is 0 Å². The molecule has 0 atom stereocenters. The summed E-state index contributed by atoms with van der Waals surface area (Å²) in [6.07, 6.45) is 2.57. The topological polar surface area (TPSA) is 58.1 Å². The molecule has 1 fully saturated rings. The van der Waals surface area contributed by atoms with E-state index in [0.29, 0.717) is 18.8 Å². The fourth-order valence-electron chi connectivity index (χ4n) is 3.43. The van der Waals surface area contributed by atoms with Crippen LogP contribution in [0.25, 0.3) is 0 Å². The lowest BCUT2D eigenvalue weighted by Gasteiger charge is -2.33. The van der Waals surface area contributed by atoms with Crippen LogP contribution in [0, 0.1) is 6.92 Å². The number of aryl methyl sites for hydroxylation is 1. The third-order valence-corrected chi connectivity index (χ3v) is 5.01. The van der Waals surface area contributed by atoms with Crippen molar-refractivity contribution in [1.82, 2.24) is 15.5 Å². The molecule has 1 aromatic rings. The van der Waals surface area contributed by atoms with Gasteiger partial charge < -0.3 is 25.0 Å². The molecule has 1 aromatic carbocycles. The number of benzene rings is 1. The van der Waals surface area contributed by atoms with Crippen LogP contribution in [0.3, 0.4) is 0 Å². The van der Waals surface area contributed by atoms with Gasteiger partial charge in [0.15, 0.2) is 5.96 Å². The Hall–Kier alpha value is -1.79. The second-order valence-corrected chi connectivity index (χ2v) is 7.64. The molecule has 1 saturated heterocycles. The first-order valence-electron chi connectivity index (χ1n) is 10.5. The first-order valence-corrected chi connectivity index (χ1v) is 10.5. The Bertz CT molecular complexity index is 611. The third-order valence-electron chi connectivity index (χ3n) is 5.01. The summed E-state index contributed by atoms with van der Waals surface area (Å²) in [6.45, 7) is 13.8. The number of rotatable bonds is 9. The largest absolute Gasteiger partial charge is 0.494 e. The summed E-state index contributed by atoms with van der Waals surface area (Å²) in [5.74, 6) is 1.83. The van der Waals surface area contributed by atoms with Crippen LogP contribution in [0.1, 0.15) is 44.7 Å². The molecular formula is C22H38N4O2. The van der Waals surface area contributed by atoms with Crippen molar-refractivity contribution in [2.24, 2.45) is 4.99 Å². The van der Waals surface area contributed by atoms with Crippen molar-refractivity contribution < 1.29 is 9.47 Å². The molecule has 0 spiro atoms. The van der Waals surface area contributed by atoms with Crippen molar-refractivity contribution in [2.75, 3.05) is 39.9 Å². The number of piperidine rings is 1. The van der Waals surface area contributed by atoms with E-state index in [1.807, 2.05) is 20.0 Å². The SMILES string of the molecule is CCOc1ccc(CNC(=NC)NC2CCN(CCOC(C)C)CC2)cc1C. The Morgan fingerprint density at radius 3 is 2.64 bits per heavy atom.